The molecule has 0 saturated carbocycles. The molecule has 1 nitrogen and oxygen atoms in total. The minimum Gasteiger partial charge on any atom is -0.310 e. The van der Waals surface area contributed by atoms with E-state index in [0.717, 1.165) is 11.6 Å². The molecular weight excluding hydrogens is 296 g/mol. The van der Waals surface area contributed by atoms with E-state index < -0.39 is 0 Å². The van der Waals surface area contributed by atoms with Gasteiger partial charge in [0.05, 0.1) is 5.02 Å². The van der Waals surface area contributed by atoms with Gasteiger partial charge in [0.1, 0.15) is 0 Å². The van der Waals surface area contributed by atoms with E-state index in [4.69, 9.17) is 11.6 Å². The predicted octanol–water partition coefficient (Wildman–Crippen LogP) is 3.37. The van der Waals surface area contributed by atoms with Crippen LogP contribution in [0, 0.1) is 3.57 Å². The molecule has 13 heavy (non-hydrogen) atoms. The second-order valence-corrected chi connectivity index (χ2v) is 4.78. The Bertz CT molecular complexity index is 308. The van der Waals surface area contributed by atoms with Gasteiger partial charge in [-0.15, -0.1) is 0 Å². The smallest absolute Gasteiger partial charge is 0.0542 e. The highest BCUT2D eigenvalue weighted by Gasteiger charge is 2.18. The fourth-order valence-corrected chi connectivity index (χ4v) is 2.66. The van der Waals surface area contributed by atoms with Gasteiger partial charge in [0, 0.05) is 9.61 Å². The van der Waals surface area contributed by atoms with Crippen molar-refractivity contribution in [2.45, 2.75) is 18.9 Å². The summed E-state index contributed by atoms with van der Waals surface area (Å²) in [5, 5.41) is 4.34. The zero-order chi connectivity index (χ0) is 9.26. The van der Waals surface area contributed by atoms with Gasteiger partial charge >= 0.3 is 0 Å². The van der Waals surface area contributed by atoms with Crippen LogP contribution in [0.15, 0.2) is 18.2 Å². The lowest BCUT2D eigenvalue weighted by Gasteiger charge is -2.13. The zero-order valence-electron chi connectivity index (χ0n) is 7.19. The van der Waals surface area contributed by atoms with Crippen molar-refractivity contribution in [3.05, 3.63) is 32.4 Å². The van der Waals surface area contributed by atoms with Crippen LogP contribution >= 0.6 is 34.2 Å². The van der Waals surface area contributed by atoms with Crippen LogP contribution in [0.5, 0.6) is 0 Å². The first-order valence-electron chi connectivity index (χ1n) is 4.46. The summed E-state index contributed by atoms with van der Waals surface area (Å²) in [6.45, 7) is 1.13. The molecule has 1 aromatic carbocycles. The van der Waals surface area contributed by atoms with Crippen LogP contribution in [0.4, 0.5) is 0 Å². The van der Waals surface area contributed by atoms with Crippen molar-refractivity contribution in [2.75, 3.05) is 6.54 Å². The molecule has 70 valence electrons. The zero-order valence-corrected chi connectivity index (χ0v) is 10.1. The van der Waals surface area contributed by atoms with Crippen LogP contribution < -0.4 is 5.32 Å². The van der Waals surface area contributed by atoms with Crippen molar-refractivity contribution >= 4 is 34.2 Å². The summed E-state index contributed by atoms with van der Waals surface area (Å²) in [7, 11) is 0. The fourth-order valence-electron chi connectivity index (χ4n) is 1.74. The van der Waals surface area contributed by atoms with Crippen LogP contribution in [0.25, 0.3) is 0 Å². The molecule has 0 bridgehead atoms. The second-order valence-electron chi connectivity index (χ2n) is 3.29. The molecule has 0 spiro atoms. The third-order valence-corrected chi connectivity index (χ3v) is 4.25. The molecular formula is C10H11ClIN. The molecule has 1 saturated heterocycles. The van der Waals surface area contributed by atoms with Gasteiger partial charge in [0.25, 0.3) is 0 Å². The highest BCUT2D eigenvalue weighted by Crippen LogP contribution is 2.30. The van der Waals surface area contributed by atoms with Gasteiger partial charge in [-0.2, -0.15) is 0 Å². The summed E-state index contributed by atoms with van der Waals surface area (Å²) in [6, 6.07) is 6.66. The molecule has 0 radical (unpaired) electrons. The lowest BCUT2D eigenvalue weighted by molar-refractivity contribution is 0.645. The van der Waals surface area contributed by atoms with Gasteiger partial charge in [-0.1, -0.05) is 23.7 Å². The second kappa shape index (κ2) is 4.15. The minimum absolute atomic E-state index is 0.519. The van der Waals surface area contributed by atoms with Crippen LogP contribution in [-0.2, 0) is 0 Å². The maximum Gasteiger partial charge on any atom is 0.0542 e. The molecule has 0 aliphatic carbocycles. The van der Waals surface area contributed by atoms with E-state index in [9.17, 15) is 0 Å². The Morgan fingerprint density at radius 1 is 1.46 bits per heavy atom. The van der Waals surface area contributed by atoms with Crippen molar-refractivity contribution in [2.24, 2.45) is 0 Å². The van der Waals surface area contributed by atoms with Crippen molar-refractivity contribution in [3.8, 4) is 0 Å². The number of hydrogen-bond acceptors (Lipinski definition) is 1. The van der Waals surface area contributed by atoms with Crippen molar-refractivity contribution in [3.63, 3.8) is 0 Å². The third-order valence-electron chi connectivity index (χ3n) is 2.42. The first-order chi connectivity index (χ1) is 6.29. The lowest BCUT2D eigenvalue weighted by Crippen LogP contribution is -2.13. The number of benzene rings is 1. The summed E-state index contributed by atoms with van der Waals surface area (Å²) in [5.74, 6) is 0. The van der Waals surface area contributed by atoms with E-state index in [1.54, 1.807) is 0 Å². The highest BCUT2D eigenvalue weighted by atomic mass is 127. The molecule has 2 rings (SSSR count). The van der Waals surface area contributed by atoms with Gasteiger partial charge in [0.15, 0.2) is 0 Å². The quantitative estimate of drug-likeness (QED) is 0.785. The summed E-state index contributed by atoms with van der Waals surface area (Å²) in [6.07, 6.45) is 2.50. The third kappa shape index (κ3) is 2.00. The first kappa shape index (κ1) is 9.74. The average molecular weight is 308 g/mol. The largest absolute Gasteiger partial charge is 0.310 e. The first-order valence-corrected chi connectivity index (χ1v) is 5.92. The Morgan fingerprint density at radius 3 is 3.00 bits per heavy atom. The van der Waals surface area contributed by atoms with Crippen LogP contribution in [0.2, 0.25) is 5.02 Å². The predicted molar refractivity (Wildman–Crippen MR) is 64.1 cm³/mol. The monoisotopic (exact) mass is 307 g/mol. The van der Waals surface area contributed by atoms with Crippen molar-refractivity contribution in [1.82, 2.24) is 5.32 Å². The standard InChI is InChI=1S/C10H11ClIN/c11-8-4-1-3-7(10(8)12)9-5-2-6-13-9/h1,3-4,9,13H,2,5-6H2/t9-/m1/s1. The Balaban J connectivity index is 2.33. The Kier molecular flexibility index (Phi) is 3.11. The summed E-state index contributed by atoms with van der Waals surface area (Å²) in [4.78, 5) is 0. The number of halogens is 2. The van der Waals surface area contributed by atoms with Crippen LogP contribution in [0.1, 0.15) is 24.4 Å². The van der Waals surface area contributed by atoms with E-state index in [0.29, 0.717) is 6.04 Å². The molecule has 1 aliphatic heterocycles. The van der Waals surface area contributed by atoms with E-state index in [1.807, 2.05) is 12.1 Å². The maximum atomic E-state index is 6.06. The molecule has 1 fully saturated rings. The van der Waals surface area contributed by atoms with E-state index in [-0.39, 0.29) is 0 Å². The molecule has 1 atom stereocenters. The Morgan fingerprint density at radius 2 is 2.31 bits per heavy atom. The molecule has 0 aromatic heterocycles. The van der Waals surface area contributed by atoms with E-state index in [2.05, 4.69) is 34.0 Å². The number of rotatable bonds is 1. The molecule has 3 heteroatoms. The van der Waals surface area contributed by atoms with Crippen LogP contribution in [-0.4, -0.2) is 6.54 Å². The maximum absolute atomic E-state index is 6.06. The summed E-state index contributed by atoms with van der Waals surface area (Å²) < 4.78 is 1.20. The summed E-state index contributed by atoms with van der Waals surface area (Å²) >= 11 is 8.38. The van der Waals surface area contributed by atoms with Gasteiger partial charge in [-0.3, -0.25) is 0 Å². The van der Waals surface area contributed by atoms with Gasteiger partial charge in [-0.05, 0) is 53.6 Å². The normalized spacial score (nSPS) is 22.2. The average Bonchev–Trinajstić information content (AvgIpc) is 2.62. The van der Waals surface area contributed by atoms with Gasteiger partial charge in [0.2, 0.25) is 0 Å². The molecule has 1 aromatic rings. The molecule has 0 unspecified atom stereocenters. The van der Waals surface area contributed by atoms with E-state index >= 15 is 0 Å². The molecule has 0 amide bonds. The molecule has 1 heterocycles. The van der Waals surface area contributed by atoms with Gasteiger partial charge < -0.3 is 5.32 Å². The topological polar surface area (TPSA) is 12.0 Å². The highest BCUT2D eigenvalue weighted by molar-refractivity contribution is 14.1. The van der Waals surface area contributed by atoms with Crippen molar-refractivity contribution in [1.29, 1.82) is 0 Å². The minimum atomic E-state index is 0.519. The fraction of sp³-hybridized carbons (Fsp3) is 0.400. The summed E-state index contributed by atoms with van der Waals surface area (Å²) in [5.41, 5.74) is 1.35. The van der Waals surface area contributed by atoms with Gasteiger partial charge in [-0.25, -0.2) is 0 Å². The molecule has 1 N–H and O–H groups in total. The van der Waals surface area contributed by atoms with Crippen LogP contribution in [0.3, 0.4) is 0 Å². The Labute approximate surface area is 97.0 Å². The van der Waals surface area contributed by atoms with Crippen molar-refractivity contribution < 1.29 is 0 Å². The number of nitrogens with one attached hydrogen (secondary N) is 1. The van der Waals surface area contributed by atoms with E-state index in [1.165, 1.54) is 22.0 Å². The Hall–Kier alpha value is 0.200. The SMILES string of the molecule is Clc1cccc([C@H]2CCCN2)c1I. The molecule has 1 aliphatic rings. The lowest BCUT2D eigenvalue weighted by atomic mass is 10.1. The number of hydrogen-bond donors (Lipinski definition) is 1.